The van der Waals surface area contributed by atoms with Gasteiger partial charge in [-0.25, -0.2) is 4.99 Å². The summed E-state index contributed by atoms with van der Waals surface area (Å²) in [5, 5.41) is 3.06. The number of benzene rings is 2. The maximum atomic E-state index is 5.97. The molecule has 6 nitrogen and oxygen atoms in total. The molecule has 142 valence electrons. The lowest BCUT2D eigenvalue weighted by molar-refractivity contribution is 0.146. The van der Waals surface area contributed by atoms with Gasteiger partial charge in [-0.15, -0.1) is 24.0 Å². The molecule has 2 aromatic rings. The second-order valence-electron chi connectivity index (χ2n) is 5.51. The Balaban J connectivity index is 0.00000338. The first-order valence-electron chi connectivity index (χ1n) is 8.04. The van der Waals surface area contributed by atoms with Gasteiger partial charge in [-0.2, -0.15) is 0 Å². The van der Waals surface area contributed by atoms with Crippen LogP contribution in [-0.2, 0) is 11.3 Å². The van der Waals surface area contributed by atoms with Gasteiger partial charge in [0, 0.05) is 18.4 Å². The number of ether oxygens (including phenoxy) is 3. The van der Waals surface area contributed by atoms with Gasteiger partial charge in [0.05, 0.1) is 20.3 Å². The summed E-state index contributed by atoms with van der Waals surface area (Å²) in [5.74, 6) is 1.94. The fraction of sp³-hybridized carbons (Fsp3) is 0.316. The highest BCUT2D eigenvalue weighted by molar-refractivity contribution is 14.0. The van der Waals surface area contributed by atoms with E-state index < -0.39 is 0 Å². The average molecular weight is 471 g/mol. The molecule has 7 heteroatoms. The smallest absolute Gasteiger partial charge is 0.193 e. The molecule has 0 spiro atoms. The zero-order valence-electron chi connectivity index (χ0n) is 15.3. The van der Waals surface area contributed by atoms with E-state index in [0.717, 1.165) is 28.3 Å². The number of methoxy groups -OCH3 is 2. The summed E-state index contributed by atoms with van der Waals surface area (Å²) >= 11 is 0. The van der Waals surface area contributed by atoms with E-state index in [1.807, 2.05) is 49.4 Å². The summed E-state index contributed by atoms with van der Waals surface area (Å²) in [6, 6.07) is 13.5. The number of nitrogens with zero attached hydrogens (tertiary/aromatic N) is 1. The van der Waals surface area contributed by atoms with Crippen molar-refractivity contribution < 1.29 is 14.2 Å². The molecule has 0 radical (unpaired) electrons. The van der Waals surface area contributed by atoms with Crippen LogP contribution in [0.15, 0.2) is 47.5 Å². The van der Waals surface area contributed by atoms with Crippen molar-refractivity contribution in [3.8, 4) is 11.5 Å². The van der Waals surface area contributed by atoms with Crippen molar-refractivity contribution in [3.05, 3.63) is 53.6 Å². The minimum absolute atomic E-state index is 0. The quantitative estimate of drug-likeness (QED) is 0.267. The molecule has 0 unspecified atom stereocenters. The Hall–Kier alpha value is -2.00. The fourth-order valence-electron chi connectivity index (χ4n) is 2.19. The number of nitrogens with two attached hydrogens (primary N) is 1. The number of halogens is 1. The highest BCUT2D eigenvalue weighted by Gasteiger charge is 2.05. The topological polar surface area (TPSA) is 78.1 Å². The van der Waals surface area contributed by atoms with E-state index in [9.17, 15) is 0 Å². The lowest BCUT2D eigenvalue weighted by Gasteiger charge is -2.11. The third-order valence-corrected chi connectivity index (χ3v) is 3.55. The van der Waals surface area contributed by atoms with Crippen molar-refractivity contribution in [1.82, 2.24) is 0 Å². The molecule has 26 heavy (non-hydrogen) atoms. The standard InChI is InChI=1S/C19H25N3O3.HI/c1-14-4-5-15(18(12-14)25-11-10-23-2)13-21-19(20)22-16-6-8-17(24-3)9-7-16;/h4-9,12H,10-11,13H2,1-3H3,(H3,20,21,22);1H. The Morgan fingerprint density at radius 1 is 1.08 bits per heavy atom. The van der Waals surface area contributed by atoms with Crippen LogP contribution in [0.4, 0.5) is 5.69 Å². The maximum absolute atomic E-state index is 5.97. The predicted octanol–water partition coefficient (Wildman–Crippen LogP) is 3.57. The molecule has 0 heterocycles. The molecule has 2 rings (SSSR count). The Kier molecular flexibility index (Phi) is 9.82. The van der Waals surface area contributed by atoms with Gasteiger partial charge < -0.3 is 25.3 Å². The van der Waals surface area contributed by atoms with Crippen LogP contribution in [0.1, 0.15) is 11.1 Å². The van der Waals surface area contributed by atoms with Gasteiger partial charge in [-0.1, -0.05) is 12.1 Å². The van der Waals surface area contributed by atoms with E-state index >= 15 is 0 Å². The SMILES string of the molecule is COCCOc1cc(C)ccc1CN=C(N)Nc1ccc(OC)cc1.I. The molecule has 0 saturated carbocycles. The van der Waals surface area contributed by atoms with Crippen molar-refractivity contribution in [1.29, 1.82) is 0 Å². The third kappa shape index (κ3) is 7.09. The molecular weight excluding hydrogens is 445 g/mol. The molecule has 0 aromatic heterocycles. The molecule has 0 aliphatic heterocycles. The number of guanidine groups is 1. The van der Waals surface area contributed by atoms with E-state index in [-0.39, 0.29) is 24.0 Å². The Morgan fingerprint density at radius 3 is 2.46 bits per heavy atom. The predicted molar refractivity (Wildman–Crippen MR) is 116 cm³/mol. The first-order valence-corrected chi connectivity index (χ1v) is 8.04. The average Bonchev–Trinajstić information content (AvgIpc) is 2.62. The van der Waals surface area contributed by atoms with Gasteiger partial charge in [-0.3, -0.25) is 0 Å². The van der Waals surface area contributed by atoms with Crippen LogP contribution < -0.4 is 20.5 Å². The molecule has 0 fully saturated rings. The van der Waals surface area contributed by atoms with Crippen molar-refractivity contribution in [3.63, 3.8) is 0 Å². The third-order valence-electron chi connectivity index (χ3n) is 3.55. The van der Waals surface area contributed by atoms with Crippen LogP contribution in [0.2, 0.25) is 0 Å². The van der Waals surface area contributed by atoms with Crippen LogP contribution in [0, 0.1) is 6.92 Å². The normalized spacial score (nSPS) is 10.8. The van der Waals surface area contributed by atoms with E-state index in [2.05, 4.69) is 10.3 Å². The van der Waals surface area contributed by atoms with Gasteiger partial charge in [0.2, 0.25) is 0 Å². The van der Waals surface area contributed by atoms with E-state index in [4.69, 9.17) is 19.9 Å². The van der Waals surface area contributed by atoms with Crippen LogP contribution in [0.3, 0.4) is 0 Å². The molecule has 0 aliphatic carbocycles. The maximum Gasteiger partial charge on any atom is 0.193 e. The van der Waals surface area contributed by atoms with E-state index in [1.54, 1.807) is 14.2 Å². The monoisotopic (exact) mass is 471 g/mol. The highest BCUT2D eigenvalue weighted by Crippen LogP contribution is 2.21. The fourth-order valence-corrected chi connectivity index (χ4v) is 2.19. The molecule has 0 saturated heterocycles. The minimum Gasteiger partial charge on any atom is -0.497 e. The summed E-state index contributed by atoms with van der Waals surface area (Å²) < 4.78 is 15.9. The Labute approximate surface area is 171 Å². The van der Waals surface area contributed by atoms with E-state index in [0.29, 0.717) is 25.7 Å². The van der Waals surface area contributed by atoms with Gasteiger partial charge in [0.1, 0.15) is 18.1 Å². The number of nitrogens with one attached hydrogen (secondary N) is 1. The number of hydrogen-bond acceptors (Lipinski definition) is 4. The summed E-state index contributed by atoms with van der Waals surface area (Å²) in [7, 11) is 3.28. The lowest BCUT2D eigenvalue weighted by Crippen LogP contribution is -2.22. The molecule has 0 atom stereocenters. The summed E-state index contributed by atoms with van der Waals surface area (Å²) in [6.07, 6.45) is 0. The Bertz CT molecular complexity index is 706. The minimum atomic E-state index is 0. The number of hydrogen-bond donors (Lipinski definition) is 2. The molecule has 0 bridgehead atoms. The molecule has 0 amide bonds. The second kappa shape index (κ2) is 11.6. The molecular formula is C19H26IN3O3. The Morgan fingerprint density at radius 2 is 1.81 bits per heavy atom. The summed E-state index contributed by atoms with van der Waals surface area (Å²) in [6.45, 7) is 3.49. The van der Waals surface area contributed by atoms with Crippen molar-refractivity contribution in [2.75, 3.05) is 32.8 Å². The van der Waals surface area contributed by atoms with Gasteiger partial charge in [0.15, 0.2) is 5.96 Å². The number of rotatable bonds is 8. The van der Waals surface area contributed by atoms with E-state index in [1.165, 1.54) is 0 Å². The van der Waals surface area contributed by atoms with Gasteiger partial charge in [-0.05, 0) is 42.8 Å². The molecule has 3 N–H and O–H groups in total. The first-order chi connectivity index (χ1) is 12.1. The largest absolute Gasteiger partial charge is 0.497 e. The van der Waals surface area contributed by atoms with Gasteiger partial charge >= 0.3 is 0 Å². The molecule has 0 aliphatic rings. The summed E-state index contributed by atoms with van der Waals surface area (Å²) in [4.78, 5) is 4.39. The van der Waals surface area contributed by atoms with Crippen LogP contribution >= 0.6 is 24.0 Å². The van der Waals surface area contributed by atoms with Crippen LogP contribution in [0.5, 0.6) is 11.5 Å². The van der Waals surface area contributed by atoms with Crippen LogP contribution in [0.25, 0.3) is 0 Å². The zero-order chi connectivity index (χ0) is 18.1. The van der Waals surface area contributed by atoms with Crippen LogP contribution in [-0.4, -0.2) is 33.4 Å². The summed E-state index contributed by atoms with van der Waals surface area (Å²) in [5.41, 5.74) is 8.92. The lowest BCUT2D eigenvalue weighted by atomic mass is 10.1. The van der Waals surface area contributed by atoms with Crippen molar-refractivity contribution in [2.45, 2.75) is 13.5 Å². The molecule has 2 aromatic carbocycles. The van der Waals surface area contributed by atoms with Crippen molar-refractivity contribution >= 4 is 35.6 Å². The number of aryl methyl sites for hydroxylation is 1. The highest BCUT2D eigenvalue weighted by atomic mass is 127. The van der Waals surface area contributed by atoms with Gasteiger partial charge in [0.25, 0.3) is 0 Å². The second-order valence-corrected chi connectivity index (χ2v) is 5.51. The number of aliphatic imine (C=N–C) groups is 1. The first kappa shape index (κ1) is 22.0. The number of anilines is 1. The zero-order valence-corrected chi connectivity index (χ0v) is 17.7. The van der Waals surface area contributed by atoms with Crippen molar-refractivity contribution in [2.24, 2.45) is 10.7 Å².